The van der Waals surface area contributed by atoms with Crippen LogP contribution in [0, 0.1) is 32.4 Å². The number of nitrogens with one attached hydrogen (secondary N) is 1. The van der Waals surface area contributed by atoms with E-state index >= 15 is 0 Å². The Morgan fingerprint density at radius 3 is 2.42 bits per heavy atom. The highest BCUT2D eigenvalue weighted by Gasteiger charge is 2.19. The summed E-state index contributed by atoms with van der Waals surface area (Å²) in [7, 11) is 0. The molecule has 7 nitrogen and oxygen atoms in total. The smallest absolute Gasteiger partial charge is 0.246 e. The van der Waals surface area contributed by atoms with Gasteiger partial charge in [-0.2, -0.15) is 10.2 Å². The van der Waals surface area contributed by atoms with Crippen molar-refractivity contribution in [2.24, 2.45) is 0 Å². The molecule has 0 fully saturated rings. The Morgan fingerprint density at radius 2 is 1.67 bits per heavy atom. The number of anilines is 1. The first-order valence-electron chi connectivity index (χ1n) is 11.5. The Kier molecular flexibility index (Phi) is 6.05. The summed E-state index contributed by atoms with van der Waals surface area (Å²) in [5.41, 5.74) is 5.82. The predicted octanol–water partition coefficient (Wildman–Crippen LogP) is 5.19. The van der Waals surface area contributed by atoms with Crippen molar-refractivity contribution < 1.29 is 13.6 Å². The van der Waals surface area contributed by atoms with Crippen molar-refractivity contribution >= 4 is 22.6 Å². The lowest BCUT2D eigenvalue weighted by Crippen LogP contribution is -2.20. The average Bonchev–Trinajstić information content (AvgIpc) is 3.30. The third kappa shape index (κ3) is 4.47. The van der Waals surface area contributed by atoms with E-state index in [0.29, 0.717) is 23.6 Å². The molecule has 1 amide bonds. The van der Waals surface area contributed by atoms with Crippen LogP contribution in [0.5, 0.6) is 0 Å². The van der Waals surface area contributed by atoms with Crippen LogP contribution in [0.15, 0.2) is 60.8 Å². The van der Waals surface area contributed by atoms with Gasteiger partial charge in [0.1, 0.15) is 18.2 Å². The summed E-state index contributed by atoms with van der Waals surface area (Å²) in [6, 6.07) is 14.4. The van der Waals surface area contributed by atoms with Gasteiger partial charge in [-0.05, 0) is 67.8 Å². The van der Waals surface area contributed by atoms with E-state index < -0.39 is 0 Å². The number of aromatic nitrogens is 5. The lowest BCUT2D eigenvalue weighted by atomic mass is 10.0. The van der Waals surface area contributed by atoms with Crippen LogP contribution in [0.1, 0.15) is 22.6 Å². The Morgan fingerprint density at radius 1 is 0.917 bits per heavy atom. The first-order chi connectivity index (χ1) is 17.3. The van der Waals surface area contributed by atoms with Crippen molar-refractivity contribution in [1.29, 1.82) is 0 Å². The number of nitrogens with zero attached hydrogens (tertiary/aromatic N) is 5. The van der Waals surface area contributed by atoms with E-state index in [0.717, 1.165) is 33.5 Å². The molecule has 1 N–H and O–H groups in total. The first-order valence-corrected chi connectivity index (χ1v) is 11.5. The average molecular weight is 487 g/mol. The molecular weight excluding hydrogens is 462 g/mol. The minimum absolute atomic E-state index is 0.0435. The zero-order valence-electron chi connectivity index (χ0n) is 20.1. The van der Waals surface area contributed by atoms with Crippen molar-refractivity contribution in [1.82, 2.24) is 24.5 Å². The quantitative estimate of drug-likeness (QED) is 0.359. The first kappa shape index (κ1) is 23.3. The third-order valence-electron chi connectivity index (χ3n) is 6.12. The Hall–Kier alpha value is -4.40. The number of fused-ring (bicyclic) bond motifs is 1. The van der Waals surface area contributed by atoms with Crippen LogP contribution >= 0.6 is 0 Å². The van der Waals surface area contributed by atoms with Gasteiger partial charge in [0.25, 0.3) is 0 Å². The highest BCUT2D eigenvalue weighted by atomic mass is 19.1. The van der Waals surface area contributed by atoms with Crippen LogP contribution in [0.2, 0.25) is 0 Å². The molecule has 0 radical (unpaired) electrons. The Balaban J connectivity index is 1.39. The molecule has 9 heteroatoms. The Bertz CT molecular complexity index is 1590. The molecule has 2 aromatic carbocycles. The zero-order chi connectivity index (χ0) is 25.4. The molecular formula is C27H24F2N6O. The monoisotopic (exact) mass is 486 g/mol. The molecule has 0 aliphatic carbocycles. The standard InChI is InChI=1S/C27H24F2N6O/c1-16-25-23(20-7-9-21(28)10-8-20)11-12-30-27(25)35(32-16)15-24(36)31-26-17(2)33-34(18(26)3)14-19-5-4-6-22(29)13-19/h4-13H,14-15H2,1-3H3,(H,31,36). The number of carbonyl (C=O) groups excluding carboxylic acids is 1. The van der Waals surface area contributed by atoms with Gasteiger partial charge in [-0.15, -0.1) is 0 Å². The zero-order valence-corrected chi connectivity index (χ0v) is 20.1. The molecule has 5 rings (SSSR count). The number of hydrogen-bond donors (Lipinski definition) is 1. The molecule has 3 heterocycles. The van der Waals surface area contributed by atoms with Gasteiger partial charge >= 0.3 is 0 Å². The highest BCUT2D eigenvalue weighted by Crippen LogP contribution is 2.30. The molecule has 0 saturated carbocycles. The number of amides is 1. The largest absolute Gasteiger partial charge is 0.321 e. The highest BCUT2D eigenvalue weighted by molar-refractivity contribution is 5.96. The minimum atomic E-state index is -0.307. The van der Waals surface area contributed by atoms with Gasteiger partial charge in [0.2, 0.25) is 5.91 Å². The van der Waals surface area contributed by atoms with Crippen LogP contribution in [0.4, 0.5) is 14.5 Å². The minimum Gasteiger partial charge on any atom is -0.321 e. The maximum Gasteiger partial charge on any atom is 0.246 e. The van der Waals surface area contributed by atoms with E-state index in [1.807, 2.05) is 32.9 Å². The molecule has 0 aliphatic heterocycles. The van der Waals surface area contributed by atoms with E-state index in [9.17, 15) is 13.6 Å². The maximum absolute atomic E-state index is 13.6. The van der Waals surface area contributed by atoms with Crippen LogP contribution in [0.25, 0.3) is 22.2 Å². The summed E-state index contributed by atoms with van der Waals surface area (Å²) in [5, 5.41) is 12.8. The molecule has 0 aliphatic rings. The summed E-state index contributed by atoms with van der Waals surface area (Å²) in [5.74, 6) is -0.886. The topological polar surface area (TPSA) is 77.6 Å². The van der Waals surface area contributed by atoms with Gasteiger partial charge in [-0.1, -0.05) is 24.3 Å². The molecule has 182 valence electrons. The maximum atomic E-state index is 13.6. The molecule has 0 bridgehead atoms. The molecule has 0 atom stereocenters. The molecule has 0 spiro atoms. The fourth-order valence-corrected chi connectivity index (χ4v) is 4.42. The number of pyridine rings is 1. The van der Waals surface area contributed by atoms with Crippen molar-refractivity contribution in [3.8, 4) is 11.1 Å². The fourth-order valence-electron chi connectivity index (χ4n) is 4.42. The van der Waals surface area contributed by atoms with E-state index in [4.69, 9.17) is 0 Å². The summed E-state index contributed by atoms with van der Waals surface area (Å²) in [6.07, 6.45) is 1.65. The van der Waals surface area contributed by atoms with Crippen LogP contribution < -0.4 is 5.32 Å². The van der Waals surface area contributed by atoms with E-state index in [2.05, 4.69) is 20.5 Å². The normalized spacial score (nSPS) is 11.2. The lowest BCUT2D eigenvalue weighted by Gasteiger charge is -2.08. The number of benzene rings is 2. The second kappa shape index (κ2) is 9.33. The number of hydrogen-bond acceptors (Lipinski definition) is 4. The molecule has 0 saturated heterocycles. The second-order valence-corrected chi connectivity index (χ2v) is 8.69. The lowest BCUT2D eigenvalue weighted by molar-refractivity contribution is -0.116. The van der Waals surface area contributed by atoms with Crippen LogP contribution in [0.3, 0.4) is 0 Å². The van der Waals surface area contributed by atoms with Gasteiger partial charge in [-0.3, -0.25) is 9.48 Å². The Labute approximate surface area is 206 Å². The van der Waals surface area contributed by atoms with Gasteiger partial charge in [-0.25, -0.2) is 18.4 Å². The van der Waals surface area contributed by atoms with Crippen LogP contribution in [-0.4, -0.2) is 30.5 Å². The molecule has 0 unspecified atom stereocenters. The molecule has 36 heavy (non-hydrogen) atoms. The summed E-state index contributed by atoms with van der Waals surface area (Å²) in [6.45, 7) is 5.88. The third-order valence-corrected chi connectivity index (χ3v) is 6.12. The fraction of sp³-hybridized carbons (Fsp3) is 0.185. The number of aryl methyl sites for hydroxylation is 2. The summed E-state index contributed by atoms with van der Waals surface area (Å²) in [4.78, 5) is 17.5. The predicted molar refractivity (Wildman–Crippen MR) is 133 cm³/mol. The van der Waals surface area contributed by atoms with Gasteiger partial charge in [0.05, 0.1) is 29.3 Å². The second-order valence-electron chi connectivity index (χ2n) is 8.69. The van der Waals surface area contributed by atoms with E-state index in [1.165, 1.54) is 24.3 Å². The van der Waals surface area contributed by atoms with E-state index in [1.54, 1.807) is 33.8 Å². The van der Waals surface area contributed by atoms with Crippen molar-refractivity contribution in [2.75, 3.05) is 5.32 Å². The number of carbonyl (C=O) groups is 1. The SMILES string of the molecule is Cc1nn(Cc2cccc(F)c2)c(C)c1NC(=O)Cn1nc(C)c2c(-c3ccc(F)cc3)ccnc21. The van der Waals surface area contributed by atoms with Crippen molar-refractivity contribution in [2.45, 2.75) is 33.9 Å². The van der Waals surface area contributed by atoms with Gasteiger partial charge in [0, 0.05) is 11.6 Å². The number of halogens is 2. The summed E-state index contributed by atoms with van der Waals surface area (Å²) >= 11 is 0. The molecule has 5 aromatic rings. The van der Waals surface area contributed by atoms with Crippen molar-refractivity contribution in [3.05, 3.63) is 95.1 Å². The van der Waals surface area contributed by atoms with Crippen molar-refractivity contribution in [3.63, 3.8) is 0 Å². The van der Waals surface area contributed by atoms with E-state index in [-0.39, 0.29) is 24.1 Å². The summed E-state index contributed by atoms with van der Waals surface area (Å²) < 4.78 is 30.3. The van der Waals surface area contributed by atoms with Gasteiger partial charge < -0.3 is 5.32 Å². The molecule has 3 aromatic heterocycles. The number of rotatable bonds is 6. The van der Waals surface area contributed by atoms with Crippen LogP contribution in [-0.2, 0) is 17.9 Å². The van der Waals surface area contributed by atoms with Gasteiger partial charge in [0.15, 0.2) is 5.65 Å².